The van der Waals surface area contributed by atoms with Crippen molar-refractivity contribution in [1.29, 1.82) is 0 Å². The van der Waals surface area contributed by atoms with E-state index in [1.54, 1.807) is 18.2 Å². The van der Waals surface area contributed by atoms with Crippen LogP contribution < -0.4 is 14.6 Å². The van der Waals surface area contributed by atoms with Gasteiger partial charge in [-0.2, -0.15) is 5.10 Å². The molecule has 0 aliphatic heterocycles. The van der Waals surface area contributed by atoms with Gasteiger partial charge in [-0.3, -0.25) is 0 Å². The number of halogens is 1. The Hall–Kier alpha value is -3.35. The minimum atomic E-state index is -1.39. The number of carbonyl (C=O) groups excluding carboxylic acids is 1. The average Bonchev–Trinajstić information content (AvgIpc) is 3.07. The molecule has 128 valence electrons. The summed E-state index contributed by atoms with van der Waals surface area (Å²) in [6, 6.07) is 11.8. The first-order valence-electron chi connectivity index (χ1n) is 7.33. The van der Waals surface area contributed by atoms with Gasteiger partial charge in [0.25, 0.3) is 0 Å². The lowest BCUT2D eigenvalue weighted by molar-refractivity contribution is -0.255. The third-order valence-corrected chi connectivity index (χ3v) is 3.67. The van der Waals surface area contributed by atoms with E-state index >= 15 is 0 Å². The highest BCUT2D eigenvalue weighted by Gasteiger charge is 2.16. The molecule has 3 aromatic rings. The fraction of sp³-hybridized carbons (Fsp3) is 0.111. The third-order valence-electron chi connectivity index (χ3n) is 3.67. The number of carboxylic acids is 1. The van der Waals surface area contributed by atoms with Crippen LogP contribution in [-0.4, -0.2) is 30.0 Å². The zero-order valence-electron chi connectivity index (χ0n) is 13.5. The van der Waals surface area contributed by atoms with Crippen LogP contribution in [0.3, 0.4) is 0 Å². The monoisotopic (exact) mass is 341 g/mol. The highest BCUT2D eigenvalue weighted by atomic mass is 19.1. The highest BCUT2D eigenvalue weighted by Crippen LogP contribution is 2.33. The summed E-state index contributed by atoms with van der Waals surface area (Å²) in [4.78, 5) is 11.5. The van der Waals surface area contributed by atoms with E-state index in [1.807, 2.05) is 0 Å². The molecule has 0 aliphatic rings. The largest absolute Gasteiger partial charge is 0.543 e. The molecule has 0 unspecified atom stereocenters. The Morgan fingerprint density at radius 1 is 1.08 bits per heavy atom. The summed E-state index contributed by atoms with van der Waals surface area (Å²) in [6.45, 7) is 0. The number of carboxylic acid groups (broad SMARTS) is 1. The van der Waals surface area contributed by atoms with E-state index in [2.05, 4.69) is 5.10 Å². The van der Waals surface area contributed by atoms with E-state index in [9.17, 15) is 14.3 Å². The molecule has 7 heteroatoms. The Morgan fingerprint density at radius 3 is 2.40 bits per heavy atom. The normalized spacial score (nSPS) is 10.5. The molecule has 3 rings (SSSR count). The van der Waals surface area contributed by atoms with Crippen molar-refractivity contribution >= 4 is 5.97 Å². The summed E-state index contributed by atoms with van der Waals surface area (Å²) in [5.41, 5.74) is 1.22. The fourth-order valence-electron chi connectivity index (χ4n) is 2.45. The molecule has 0 N–H and O–H groups in total. The zero-order valence-corrected chi connectivity index (χ0v) is 13.5. The molecule has 25 heavy (non-hydrogen) atoms. The Bertz CT molecular complexity index is 919. The van der Waals surface area contributed by atoms with Crippen LogP contribution in [0.1, 0.15) is 10.5 Å². The molecule has 0 bridgehead atoms. The number of rotatable bonds is 5. The summed E-state index contributed by atoms with van der Waals surface area (Å²) < 4.78 is 24.8. The molecule has 0 saturated heterocycles. The molecule has 0 fully saturated rings. The summed E-state index contributed by atoms with van der Waals surface area (Å²) >= 11 is 0. The van der Waals surface area contributed by atoms with Crippen LogP contribution in [0.25, 0.3) is 16.9 Å². The number of hydrogen-bond acceptors (Lipinski definition) is 5. The van der Waals surface area contributed by atoms with Crippen LogP contribution in [0.4, 0.5) is 4.39 Å². The van der Waals surface area contributed by atoms with Gasteiger partial charge >= 0.3 is 0 Å². The zero-order chi connectivity index (χ0) is 18.0. The first-order chi connectivity index (χ1) is 12.0. The maximum atomic E-state index is 13.1. The number of nitrogens with zero attached hydrogens (tertiary/aromatic N) is 2. The maximum absolute atomic E-state index is 13.1. The molecule has 6 nitrogen and oxygen atoms in total. The van der Waals surface area contributed by atoms with Gasteiger partial charge in [0.05, 0.1) is 37.3 Å². The molecule has 1 aromatic heterocycles. The van der Waals surface area contributed by atoms with Gasteiger partial charge in [0.1, 0.15) is 17.3 Å². The lowest BCUT2D eigenvalue weighted by atomic mass is 10.1. The number of ether oxygens (including phenoxy) is 2. The number of aromatic nitrogens is 2. The van der Waals surface area contributed by atoms with Crippen molar-refractivity contribution in [3.63, 3.8) is 0 Å². The smallest absolute Gasteiger partial charge is 0.132 e. The fourth-order valence-corrected chi connectivity index (χ4v) is 2.45. The summed E-state index contributed by atoms with van der Waals surface area (Å²) in [5.74, 6) is -0.745. The SMILES string of the molecule is COc1ccc(-c2cc(C(=O)[O-])n(-c3ccc(F)cc3)n2)c(OC)c1. The Morgan fingerprint density at radius 2 is 1.80 bits per heavy atom. The minimum absolute atomic E-state index is 0.153. The van der Waals surface area contributed by atoms with E-state index in [0.717, 1.165) is 0 Å². The molecule has 0 aliphatic carbocycles. The number of hydrogen-bond donors (Lipinski definition) is 0. The van der Waals surface area contributed by atoms with Gasteiger partial charge in [-0.25, -0.2) is 9.07 Å². The molecule has 0 radical (unpaired) electrons. The van der Waals surface area contributed by atoms with Gasteiger partial charge in [-0.1, -0.05) is 0 Å². The Kier molecular flexibility index (Phi) is 4.38. The van der Waals surface area contributed by atoms with E-state index in [-0.39, 0.29) is 5.69 Å². The maximum Gasteiger partial charge on any atom is 0.132 e. The van der Waals surface area contributed by atoms with Crippen LogP contribution in [0.15, 0.2) is 48.5 Å². The lowest BCUT2D eigenvalue weighted by Gasteiger charge is -2.08. The summed E-state index contributed by atoms with van der Waals surface area (Å²) in [7, 11) is 3.03. The van der Waals surface area contributed by atoms with Gasteiger partial charge in [0, 0.05) is 11.6 Å². The topological polar surface area (TPSA) is 76.4 Å². The Labute approximate surface area is 143 Å². The predicted octanol–water partition coefficient (Wildman–Crippen LogP) is 2.06. The lowest BCUT2D eigenvalue weighted by Crippen LogP contribution is -2.25. The highest BCUT2D eigenvalue weighted by molar-refractivity contribution is 5.87. The van der Waals surface area contributed by atoms with Crippen molar-refractivity contribution in [2.24, 2.45) is 0 Å². The predicted molar refractivity (Wildman–Crippen MR) is 86.4 cm³/mol. The van der Waals surface area contributed by atoms with Gasteiger partial charge in [-0.15, -0.1) is 0 Å². The van der Waals surface area contributed by atoms with Crippen molar-refractivity contribution < 1.29 is 23.8 Å². The molecule has 0 spiro atoms. The number of benzene rings is 2. The van der Waals surface area contributed by atoms with Gasteiger partial charge in [0.2, 0.25) is 0 Å². The first-order valence-corrected chi connectivity index (χ1v) is 7.33. The van der Waals surface area contributed by atoms with E-state index in [0.29, 0.717) is 28.4 Å². The van der Waals surface area contributed by atoms with Crippen LogP contribution >= 0.6 is 0 Å². The van der Waals surface area contributed by atoms with E-state index < -0.39 is 11.8 Å². The molecular weight excluding hydrogens is 327 g/mol. The second kappa shape index (κ2) is 6.64. The van der Waals surface area contributed by atoms with Crippen molar-refractivity contribution in [3.05, 3.63) is 60.0 Å². The summed E-state index contributed by atoms with van der Waals surface area (Å²) in [5, 5.41) is 15.8. The minimum Gasteiger partial charge on any atom is -0.543 e. The van der Waals surface area contributed by atoms with Gasteiger partial charge in [-0.05, 0) is 42.5 Å². The van der Waals surface area contributed by atoms with Crippen LogP contribution in [0.2, 0.25) is 0 Å². The molecule has 0 saturated carbocycles. The van der Waals surface area contributed by atoms with Gasteiger partial charge in [0.15, 0.2) is 0 Å². The van der Waals surface area contributed by atoms with E-state index in [4.69, 9.17) is 9.47 Å². The van der Waals surface area contributed by atoms with Crippen LogP contribution in [0, 0.1) is 5.82 Å². The second-order valence-electron chi connectivity index (χ2n) is 5.16. The quantitative estimate of drug-likeness (QED) is 0.710. The number of carbonyl (C=O) groups is 1. The Balaban J connectivity index is 2.14. The number of aromatic carboxylic acids is 1. The van der Waals surface area contributed by atoms with Crippen molar-refractivity contribution in [2.75, 3.05) is 14.2 Å². The molecule has 0 amide bonds. The first kappa shape index (κ1) is 16.5. The number of methoxy groups -OCH3 is 2. The summed E-state index contributed by atoms with van der Waals surface area (Å²) in [6.07, 6.45) is 0. The van der Waals surface area contributed by atoms with Crippen LogP contribution in [0.5, 0.6) is 11.5 Å². The molecule has 0 atom stereocenters. The third kappa shape index (κ3) is 3.16. The second-order valence-corrected chi connectivity index (χ2v) is 5.16. The van der Waals surface area contributed by atoms with Crippen molar-refractivity contribution in [2.45, 2.75) is 0 Å². The van der Waals surface area contributed by atoms with E-state index in [1.165, 1.54) is 49.2 Å². The van der Waals surface area contributed by atoms with Crippen molar-refractivity contribution in [3.8, 4) is 28.4 Å². The molecular formula is C18H14FN2O4-. The van der Waals surface area contributed by atoms with Crippen LogP contribution in [-0.2, 0) is 0 Å². The standard InChI is InChI=1S/C18H15FN2O4/c1-24-13-7-8-14(17(9-13)25-2)15-10-16(18(22)23)21(20-15)12-5-3-11(19)4-6-12/h3-10H,1-2H3,(H,22,23)/p-1. The van der Waals surface area contributed by atoms with Gasteiger partial charge < -0.3 is 19.4 Å². The average molecular weight is 341 g/mol. The van der Waals surface area contributed by atoms with Crippen molar-refractivity contribution in [1.82, 2.24) is 9.78 Å². The molecule has 1 heterocycles. The molecule has 2 aromatic carbocycles.